The maximum atomic E-state index is 7.36. The highest BCUT2D eigenvalue weighted by Gasteiger charge is 2.66. The van der Waals surface area contributed by atoms with Crippen LogP contribution in [0.2, 0.25) is 0 Å². The Hall–Kier alpha value is -1.97. The van der Waals surface area contributed by atoms with Gasteiger partial charge in [0.2, 0.25) is 0 Å². The van der Waals surface area contributed by atoms with Gasteiger partial charge in [0.25, 0.3) is 0 Å². The van der Waals surface area contributed by atoms with Crippen LogP contribution in [-0.2, 0) is 4.74 Å². The minimum Gasteiger partial charge on any atom is -0.359 e. The fourth-order valence-electron chi connectivity index (χ4n) is 8.52. The van der Waals surface area contributed by atoms with Crippen LogP contribution in [0.3, 0.4) is 0 Å². The molecule has 1 aromatic carbocycles. The van der Waals surface area contributed by atoms with Crippen LogP contribution >= 0.6 is 0 Å². The Morgan fingerprint density at radius 2 is 2.03 bits per heavy atom. The molecular weight excluding hydrogens is 392 g/mol. The molecule has 32 heavy (non-hydrogen) atoms. The van der Waals surface area contributed by atoms with Gasteiger partial charge in [0, 0.05) is 23.8 Å². The number of pyridine rings is 1. The third-order valence-electron chi connectivity index (χ3n) is 10.2. The Morgan fingerprint density at radius 3 is 2.94 bits per heavy atom. The van der Waals surface area contributed by atoms with E-state index >= 15 is 0 Å². The van der Waals surface area contributed by atoms with E-state index in [1.54, 1.807) is 5.57 Å². The lowest BCUT2D eigenvalue weighted by Crippen LogP contribution is -2.54. The van der Waals surface area contributed by atoms with E-state index in [0.717, 1.165) is 6.42 Å². The van der Waals surface area contributed by atoms with Gasteiger partial charge in [-0.1, -0.05) is 31.2 Å². The van der Waals surface area contributed by atoms with Crippen LogP contribution in [0.4, 0.5) is 0 Å². The smallest absolute Gasteiger partial charge is 0.0974 e. The molecule has 3 heterocycles. The van der Waals surface area contributed by atoms with E-state index in [1.807, 2.05) is 12.4 Å². The van der Waals surface area contributed by atoms with Gasteiger partial charge < -0.3 is 10.1 Å². The first-order valence-electron chi connectivity index (χ1n) is 12.7. The van der Waals surface area contributed by atoms with Crippen LogP contribution in [0, 0.1) is 11.3 Å². The first-order valence-corrected chi connectivity index (χ1v) is 12.7. The van der Waals surface area contributed by atoms with Crippen molar-refractivity contribution in [2.45, 2.75) is 81.5 Å². The molecule has 3 fully saturated rings. The summed E-state index contributed by atoms with van der Waals surface area (Å²) in [7, 11) is 2.12. The van der Waals surface area contributed by atoms with E-state index in [0.29, 0.717) is 17.9 Å². The number of allylic oxidation sites excluding steroid dienone is 1. The van der Waals surface area contributed by atoms with Crippen LogP contribution in [0.25, 0.3) is 10.8 Å². The molecule has 0 radical (unpaired) electrons. The predicted octanol–water partition coefficient (Wildman–Crippen LogP) is 6.06. The van der Waals surface area contributed by atoms with Crippen LogP contribution in [0.15, 0.2) is 60.0 Å². The van der Waals surface area contributed by atoms with Crippen molar-refractivity contribution in [3.05, 3.63) is 65.5 Å². The van der Waals surface area contributed by atoms with Crippen molar-refractivity contribution < 1.29 is 4.74 Å². The monoisotopic (exact) mass is 426 g/mol. The summed E-state index contributed by atoms with van der Waals surface area (Å²) < 4.78 is 7.36. The molecule has 0 amide bonds. The molecule has 2 bridgehead atoms. The van der Waals surface area contributed by atoms with E-state index in [9.17, 15) is 0 Å². The van der Waals surface area contributed by atoms with Crippen LogP contribution in [0.1, 0.15) is 69.8 Å². The number of aromatic nitrogens is 1. The van der Waals surface area contributed by atoms with Crippen molar-refractivity contribution in [1.82, 2.24) is 10.3 Å². The summed E-state index contributed by atoms with van der Waals surface area (Å²) in [6.45, 7) is 2.57. The molecule has 1 aromatic heterocycles. The second-order valence-electron chi connectivity index (χ2n) is 11.4. The second kappa shape index (κ2) is 6.55. The van der Waals surface area contributed by atoms with Gasteiger partial charge in [-0.15, -0.1) is 0 Å². The standard InChI is InChI=1S/C29H34N2O/c1-27-11-9-23-16-22-5-6-24(30-2)17-28(22)12-13-29(23,32-28)26(27)8-7-25(27)20-4-3-19-10-14-31-18-21(19)15-20/h3-4,9-10,14-16,18,24-26,30H,5-8,11-13,17H2,1-2H3/t24-,25?,26+,27+,28?,29+/m0/s1. The molecule has 3 nitrogen and oxygen atoms in total. The molecule has 3 aliphatic carbocycles. The van der Waals surface area contributed by atoms with Gasteiger partial charge in [-0.2, -0.15) is 0 Å². The van der Waals surface area contributed by atoms with Crippen molar-refractivity contribution >= 4 is 10.8 Å². The Balaban J connectivity index is 1.29. The largest absolute Gasteiger partial charge is 0.359 e. The Labute approximate surface area is 191 Å². The normalized spacial score (nSPS) is 42.1. The van der Waals surface area contributed by atoms with Gasteiger partial charge in [-0.05, 0) is 110 Å². The first kappa shape index (κ1) is 19.5. The summed E-state index contributed by atoms with van der Waals surface area (Å²) in [5.41, 5.74) is 4.80. The molecule has 2 saturated carbocycles. The average Bonchev–Trinajstić information content (AvgIpc) is 3.33. The van der Waals surface area contributed by atoms with Crippen molar-refractivity contribution in [3.63, 3.8) is 0 Å². The molecular formula is C29H34N2O. The zero-order valence-electron chi connectivity index (χ0n) is 19.4. The number of hydrogen-bond acceptors (Lipinski definition) is 3. The Bertz CT molecular complexity index is 1170. The number of rotatable bonds is 2. The molecule has 5 aliphatic rings. The van der Waals surface area contributed by atoms with Crippen molar-refractivity contribution in [3.8, 4) is 0 Å². The number of ether oxygens (including phenoxy) is 1. The topological polar surface area (TPSA) is 34.2 Å². The summed E-state index contributed by atoms with van der Waals surface area (Å²) in [6.07, 6.45) is 18.8. The molecule has 166 valence electrons. The van der Waals surface area contributed by atoms with Crippen LogP contribution in [-0.4, -0.2) is 29.3 Å². The van der Waals surface area contributed by atoms with Crippen molar-refractivity contribution in [2.75, 3.05) is 7.05 Å². The highest BCUT2D eigenvalue weighted by atomic mass is 16.5. The molecule has 2 unspecified atom stereocenters. The fraction of sp³-hybridized carbons (Fsp3) is 0.552. The lowest BCUT2D eigenvalue weighted by atomic mass is 9.58. The number of nitrogens with zero attached hydrogens (tertiary/aromatic N) is 1. The SMILES string of the molecule is CN[C@H]1CCC2=CC3=CC[C@]4(C)C(c5ccc6ccncc6c5)CC[C@H]4[C@@]34CCC2(C1)O4. The van der Waals surface area contributed by atoms with Gasteiger partial charge in [0.1, 0.15) is 0 Å². The van der Waals surface area contributed by atoms with E-state index in [4.69, 9.17) is 4.74 Å². The highest BCUT2D eigenvalue weighted by molar-refractivity contribution is 5.82. The molecule has 1 N–H and O–H groups in total. The molecule has 1 saturated heterocycles. The maximum absolute atomic E-state index is 7.36. The number of benzene rings is 1. The van der Waals surface area contributed by atoms with Gasteiger partial charge >= 0.3 is 0 Å². The first-order chi connectivity index (χ1) is 15.6. The van der Waals surface area contributed by atoms with E-state index in [-0.39, 0.29) is 16.6 Å². The summed E-state index contributed by atoms with van der Waals surface area (Å²) in [5, 5.41) is 6.11. The molecule has 2 aliphatic heterocycles. The molecule has 6 atom stereocenters. The Kier molecular flexibility index (Phi) is 3.99. The quantitative estimate of drug-likeness (QED) is 0.633. The molecule has 3 heteroatoms. The highest BCUT2D eigenvalue weighted by Crippen LogP contribution is 2.69. The fourth-order valence-corrected chi connectivity index (χ4v) is 8.52. The minimum absolute atomic E-state index is 0.00573. The minimum atomic E-state index is -0.0563. The lowest BCUT2D eigenvalue weighted by molar-refractivity contribution is -0.136. The summed E-state index contributed by atoms with van der Waals surface area (Å²) in [4.78, 5) is 4.37. The number of fused-ring (bicyclic) bond motifs is 2. The van der Waals surface area contributed by atoms with E-state index in [2.05, 4.69) is 60.7 Å². The Morgan fingerprint density at radius 1 is 1.09 bits per heavy atom. The predicted molar refractivity (Wildman–Crippen MR) is 129 cm³/mol. The average molecular weight is 427 g/mol. The summed E-state index contributed by atoms with van der Waals surface area (Å²) in [5.74, 6) is 1.20. The second-order valence-corrected chi connectivity index (χ2v) is 11.4. The zero-order chi connectivity index (χ0) is 21.6. The maximum Gasteiger partial charge on any atom is 0.0974 e. The molecule has 7 rings (SSSR count). The third kappa shape index (κ3) is 2.42. The summed E-state index contributed by atoms with van der Waals surface area (Å²) in [6, 6.07) is 9.79. The van der Waals surface area contributed by atoms with Crippen LogP contribution in [0.5, 0.6) is 0 Å². The number of nitrogens with one attached hydrogen (secondary N) is 1. The van der Waals surface area contributed by atoms with Crippen LogP contribution < -0.4 is 5.32 Å². The zero-order valence-corrected chi connectivity index (χ0v) is 19.4. The van der Waals surface area contributed by atoms with E-state index in [1.165, 1.54) is 66.9 Å². The number of hydrogen-bond donors (Lipinski definition) is 1. The van der Waals surface area contributed by atoms with Gasteiger partial charge in [0.15, 0.2) is 0 Å². The molecule has 2 aromatic rings. The van der Waals surface area contributed by atoms with Crippen molar-refractivity contribution in [1.29, 1.82) is 0 Å². The third-order valence-corrected chi connectivity index (χ3v) is 10.2. The van der Waals surface area contributed by atoms with E-state index < -0.39 is 0 Å². The lowest BCUT2D eigenvalue weighted by Gasteiger charge is -2.54. The summed E-state index contributed by atoms with van der Waals surface area (Å²) >= 11 is 0. The van der Waals surface area contributed by atoms with Gasteiger partial charge in [0.05, 0.1) is 11.2 Å². The van der Waals surface area contributed by atoms with Crippen molar-refractivity contribution in [2.24, 2.45) is 11.3 Å². The molecule has 2 spiro atoms. The van der Waals surface area contributed by atoms with Gasteiger partial charge in [-0.25, -0.2) is 0 Å². The van der Waals surface area contributed by atoms with Gasteiger partial charge in [-0.3, -0.25) is 4.98 Å².